The third kappa shape index (κ3) is 2.05. The summed E-state index contributed by atoms with van der Waals surface area (Å²) in [7, 11) is 0. The summed E-state index contributed by atoms with van der Waals surface area (Å²) in [5.74, 6) is -0.252. The highest BCUT2D eigenvalue weighted by atomic mass is 16.3. The number of rotatable bonds is 1. The summed E-state index contributed by atoms with van der Waals surface area (Å²) in [5, 5.41) is 13.5. The van der Waals surface area contributed by atoms with E-state index in [-0.39, 0.29) is 12.3 Å². The molecule has 78 valence electrons. The van der Waals surface area contributed by atoms with Crippen molar-refractivity contribution in [1.29, 1.82) is 0 Å². The zero-order valence-electron chi connectivity index (χ0n) is 8.40. The second kappa shape index (κ2) is 3.82. The number of carbonyl (C=O) groups excluding carboxylic acids is 1. The van der Waals surface area contributed by atoms with E-state index in [1.54, 1.807) is 0 Å². The van der Waals surface area contributed by atoms with E-state index in [2.05, 4.69) is 10.5 Å². The van der Waals surface area contributed by atoms with Crippen molar-refractivity contribution in [1.82, 2.24) is 5.43 Å². The standard InChI is InChI=1S/C11H12N2O2/c1-7-2-4-8(5-3-7)11-9(14)6-10(15)12-13-11/h2-5,9,14H,6H2,1H3,(H,12,15). The number of hydrogen-bond donors (Lipinski definition) is 2. The molecule has 0 radical (unpaired) electrons. The summed E-state index contributed by atoms with van der Waals surface area (Å²) in [4.78, 5) is 10.9. The molecule has 1 aliphatic rings. The number of hydrogen-bond acceptors (Lipinski definition) is 3. The first kappa shape index (κ1) is 9.86. The maximum Gasteiger partial charge on any atom is 0.243 e. The lowest BCUT2D eigenvalue weighted by Crippen LogP contribution is -2.36. The molecule has 1 aromatic carbocycles. The summed E-state index contributed by atoms with van der Waals surface area (Å²) < 4.78 is 0. The molecule has 1 amide bonds. The molecule has 2 rings (SSSR count). The molecule has 1 heterocycles. The fourth-order valence-corrected chi connectivity index (χ4v) is 1.50. The van der Waals surface area contributed by atoms with Gasteiger partial charge in [-0.1, -0.05) is 29.8 Å². The Hall–Kier alpha value is -1.68. The smallest absolute Gasteiger partial charge is 0.243 e. The van der Waals surface area contributed by atoms with Crippen molar-refractivity contribution < 1.29 is 9.90 Å². The number of hydrazone groups is 1. The van der Waals surface area contributed by atoms with Crippen LogP contribution in [0.2, 0.25) is 0 Å². The van der Waals surface area contributed by atoms with Crippen molar-refractivity contribution in [2.24, 2.45) is 5.10 Å². The number of aliphatic hydroxyl groups excluding tert-OH is 1. The third-order valence-electron chi connectivity index (χ3n) is 2.34. The molecular weight excluding hydrogens is 192 g/mol. The van der Waals surface area contributed by atoms with Gasteiger partial charge in [-0.25, -0.2) is 5.43 Å². The predicted molar refractivity (Wildman–Crippen MR) is 56.5 cm³/mol. The van der Waals surface area contributed by atoms with E-state index < -0.39 is 6.10 Å². The summed E-state index contributed by atoms with van der Waals surface area (Å²) in [6, 6.07) is 7.66. The Morgan fingerprint density at radius 3 is 2.67 bits per heavy atom. The van der Waals surface area contributed by atoms with Gasteiger partial charge in [0.05, 0.1) is 12.1 Å². The average Bonchev–Trinajstić information content (AvgIpc) is 2.20. The molecule has 0 aromatic heterocycles. The fourth-order valence-electron chi connectivity index (χ4n) is 1.50. The van der Waals surface area contributed by atoms with Crippen LogP contribution in [-0.4, -0.2) is 22.8 Å². The van der Waals surface area contributed by atoms with Gasteiger partial charge in [0.1, 0.15) is 6.10 Å². The Morgan fingerprint density at radius 1 is 1.40 bits per heavy atom. The molecule has 0 saturated heterocycles. The van der Waals surface area contributed by atoms with Gasteiger partial charge in [0.25, 0.3) is 0 Å². The Labute approximate surface area is 87.6 Å². The van der Waals surface area contributed by atoms with E-state index in [0.717, 1.165) is 11.1 Å². The van der Waals surface area contributed by atoms with Gasteiger partial charge in [-0.05, 0) is 6.92 Å². The van der Waals surface area contributed by atoms with E-state index in [1.165, 1.54) is 0 Å². The molecule has 0 fully saturated rings. The lowest BCUT2D eigenvalue weighted by molar-refractivity contribution is -0.122. The average molecular weight is 204 g/mol. The first-order chi connectivity index (χ1) is 7.16. The SMILES string of the molecule is Cc1ccc(C2=NNC(=O)CC2O)cc1. The third-order valence-corrected chi connectivity index (χ3v) is 2.34. The van der Waals surface area contributed by atoms with E-state index in [4.69, 9.17) is 0 Å². The molecule has 0 bridgehead atoms. The van der Waals surface area contributed by atoms with Crippen molar-refractivity contribution >= 4 is 11.6 Å². The van der Waals surface area contributed by atoms with E-state index in [1.807, 2.05) is 31.2 Å². The molecular formula is C11H12N2O2. The van der Waals surface area contributed by atoms with Gasteiger partial charge in [-0.2, -0.15) is 5.10 Å². The van der Waals surface area contributed by atoms with Crippen LogP contribution in [0.4, 0.5) is 0 Å². The fraction of sp³-hybridized carbons (Fsp3) is 0.273. The van der Waals surface area contributed by atoms with Crippen LogP contribution in [0.25, 0.3) is 0 Å². The zero-order chi connectivity index (χ0) is 10.8. The van der Waals surface area contributed by atoms with Crippen LogP contribution >= 0.6 is 0 Å². The van der Waals surface area contributed by atoms with Crippen molar-refractivity contribution in [2.45, 2.75) is 19.4 Å². The molecule has 1 atom stereocenters. The largest absolute Gasteiger partial charge is 0.386 e. The quantitative estimate of drug-likeness (QED) is 0.703. The number of nitrogens with zero attached hydrogens (tertiary/aromatic N) is 1. The van der Waals surface area contributed by atoms with Crippen molar-refractivity contribution in [3.63, 3.8) is 0 Å². The van der Waals surface area contributed by atoms with Crippen molar-refractivity contribution in [2.75, 3.05) is 0 Å². The second-order valence-electron chi connectivity index (χ2n) is 3.62. The van der Waals surface area contributed by atoms with Gasteiger partial charge in [-0.15, -0.1) is 0 Å². The van der Waals surface area contributed by atoms with Crippen LogP contribution in [-0.2, 0) is 4.79 Å². The zero-order valence-corrected chi connectivity index (χ0v) is 8.40. The van der Waals surface area contributed by atoms with Gasteiger partial charge < -0.3 is 5.11 Å². The lowest BCUT2D eigenvalue weighted by Gasteiger charge is -2.18. The topological polar surface area (TPSA) is 61.7 Å². The van der Waals surface area contributed by atoms with Crippen LogP contribution in [0.3, 0.4) is 0 Å². The van der Waals surface area contributed by atoms with E-state index in [9.17, 15) is 9.90 Å². The van der Waals surface area contributed by atoms with Gasteiger partial charge in [0.2, 0.25) is 5.91 Å². The molecule has 2 N–H and O–H groups in total. The maximum absolute atomic E-state index is 10.9. The number of nitrogens with one attached hydrogen (secondary N) is 1. The molecule has 0 aliphatic carbocycles. The molecule has 1 aromatic rings. The molecule has 1 aliphatic heterocycles. The van der Waals surface area contributed by atoms with E-state index >= 15 is 0 Å². The van der Waals surface area contributed by atoms with Crippen molar-refractivity contribution in [3.05, 3.63) is 35.4 Å². The number of amides is 1. The monoisotopic (exact) mass is 204 g/mol. The molecule has 4 nitrogen and oxygen atoms in total. The van der Waals surface area contributed by atoms with Crippen LogP contribution in [0.5, 0.6) is 0 Å². The van der Waals surface area contributed by atoms with Crippen LogP contribution < -0.4 is 5.43 Å². The highest BCUT2D eigenvalue weighted by Gasteiger charge is 2.22. The normalized spacial score (nSPS) is 20.8. The molecule has 4 heteroatoms. The number of aliphatic hydroxyl groups is 1. The Morgan fingerprint density at radius 2 is 2.07 bits per heavy atom. The predicted octanol–water partition coefficient (Wildman–Crippen LogP) is 0.580. The minimum atomic E-state index is -0.804. The van der Waals surface area contributed by atoms with Gasteiger partial charge in [-0.3, -0.25) is 4.79 Å². The first-order valence-corrected chi connectivity index (χ1v) is 4.78. The molecule has 0 spiro atoms. The summed E-state index contributed by atoms with van der Waals surface area (Å²) in [6.45, 7) is 1.99. The second-order valence-corrected chi connectivity index (χ2v) is 3.62. The summed E-state index contributed by atoms with van der Waals surface area (Å²) >= 11 is 0. The lowest BCUT2D eigenvalue weighted by atomic mass is 10.0. The number of aryl methyl sites for hydroxylation is 1. The van der Waals surface area contributed by atoms with Crippen molar-refractivity contribution in [3.8, 4) is 0 Å². The van der Waals surface area contributed by atoms with Gasteiger partial charge >= 0.3 is 0 Å². The van der Waals surface area contributed by atoms with E-state index in [0.29, 0.717) is 5.71 Å². The van der Waals surface area contributed by atoms with Gasteiger partial charge in [0, 0.05) is 5.56 Å². The molecule has 0 saturated carbocycles. The first-order valence-electron chi connectivity index (χ1n) is 4.78. The van der Waals surface area contributed by atoms with Crippen LogP contribution in [0.1, 0.15) is 17.5 Å². The summed E-state index contributed by atoms with van der Waals surface area (Å²) in [5.41, 5.74) is 4.88. The Balaban J connectivity index is 2.31. The highest BCUT2D eigenvalue weighted by Crippen LogP contribution is 2.11. The number of carbonyl (C=O) groups is 1. The Kier molecular flexibility index (Phi) is 2.51. The summed E-state index contributed by atoms with van der Waals surface area (Å²) in [6.07, 6.45) is -0.728. The number of benzene rings is 1. The van der Waals surface area contributed by atoms with Gasteiger partial charge in [0.15, 0.2) is 0 Å². The van der Waals surface area contributed by atoms with Crippen LogP contribution in [0, 0.1) is 6.92 Å². The highest BCUT2D eigenvalue weighted by molar-refractivity contribution is 6.07. The Bertz CT molecular complexity index is 409. The molecule has 15 heavy (non-hydrogen) atoms. The minimum Gasteiger partial charge on any atom is -0.386 e. The minimum absolute atomic E-state index is 0.0761. The maximum atomic E-state index is 10.9. The van der Waals surface area contributed by atoms with Crippen LogP contribution in [0.15, 0.2) is 29.4 Å². The molecule has 1 unspecified atom stereocenters.